The van der Waals surface area contributed by atoms with Gasteiger partial charge in [-0.1, -0.05) is 6.92 Å². The summed E-state index contributed by atoms with van der Waals surface area (Å²) < 4.78 is 55.4. The predicted octanol–water partition coefficient (Wildman–Crippen LogP) is 7.23. The number of fused-ring (bicyclic) bond motifs is 2. The Labute approximate surface area is 188 Å². The number of H-pyrrole nitrogens is 1. The number of rotatable bonds is 4. The molecule has 5 rings (SSSR count). The van der Waals surface area contributed by atoms with Crippen molar-refractivity contribution in [3.05, 3.63) is 65.9 Å². The van der Waals surface area contributed by atoms with Crippen LogP contribution in [-0.2, 0) is 0 Å². The minimum Gasteiger partial charge on any atom is -0.406 e. The molecule has 2 heterocycles. The molecule has 172 valence electrons. The van der Waals surface area contributed by atoms with Crippen molar-refractivity contribution in [1.29, 1.82) is 0 Å². The van der Waals surface area contributed by atoms with Gasteiger partial charge in [0.15, 0.2) is 0 Å². The standard InChI is InChI=1S/C25H23F4N3O/c1-14(24-31-22-9-7-18(13-23(22)32-24)33-25(27,28)29)15-2-4-16(5-3-15)19-10-11-30-21-8-6-17(26)12-20(19)21/h6-16H,2-5H2,1H3,(H,31,32)/t14-,15?,16?/m1/s1. The Morgan fingerprint density at radius 3 is 2.52 bits per heavy atom. The molecule has 33 heavy (non-hydrogen) atoms. The molecule has 0 saturated heterocycles. The Bertz CT molecular complexity index is 1290. The second-order valence-electron chi connectivity index (χ2n) is 8.81. The lowest BCUT2D eigenvalue weighted by Crippen LogP contribution is -2.19. The maximum Gasteiger partial charge on any atom is 0.573 e. The maximum absolute atomic E-state index is 13.8. The fraction of sp³-hybridized carbons (Fsp3) is 0.360. The second-order valence-corrected chi connectivity index (χ2v) is 8.81. The molecule has 1 aliphatic rings. The van der Waals surface area contributed by atoms with Gasteiger partial charge in [-0.05, 0) is 79.5 Å². The van der Waals surface area contributed by atoms with E-state index in [9.17, 15) is 17.6 Å². The highest BCUT2D eigenvalue weighted by atomic mass is 19.4. The lowest BCUT2D eigenvalue weighted by atomic mass is 9.73. The minimum atomic E-state index is -4.73. The van der Waals surface area contributed by atoms with E-state index in [2.05, 4.69) is 26.6 Å². The SMILES string of the molecule is C[C@@H](c1nc2ccc(OC(F)(F)F)cc2[nH]1)C1CCC(c2ccnc3ccc(F)cc23)CC1. The van der Waals surface area contributed by atoms with Gasteiger partial charge in [0.25, 0.3) is 0 Å². The Kier molecular flexibility index (Phi) is 5.46. The molecule has 4 aromatic rings. The topological polar surface area (TPSA) is 50.8 Å². The highest BCUT2D eigenvalue weighted by molar-refractivity contribution is 5.82. The van der Waals surface area contributed by atoms with Crippen LogP contribution in [0.1, 0.15) is 55.8 Å². The highest BCUT2D eigenvalue weighted by Crippen LogP contribution is 2.43. The Hall–Kier alpha value is -3.16. The lowest BCUT2D eigenvalue weighted by molar-refractivity contribution is -0.274. The largest absolute Gasteiger partial charge is 0.573 e. The van der Waals surface area contributed by atoms with E-state index in [0.29, 0.717) is 22.9 Å². The van der Waals surface area contributed by atoms with Crippen molar-refractivity contribution in [2.45, 2.75) is 50.8 Å². The molecule has 0 bridgehead atoms. The smallest absolute Gasteiger partial charge is 0.406 e. The van der Waals surface area contributed by atoms with Crippen LogP contribution in [0, 0.1) is 11.7 Å². The number of aromatic nitrogens is 3. The van der Waals surface area contributed by atoms with Gasteiger partial charge in [0.2, 0.25) is 0 Å². The molecule has 4 nitrogen and oxygen atoms in total. The third-order valence-electron chi connectivity index (χ3n) is 6.79. The van der Waals surface area contributed by atoms with E-state index in [1.807, 2.05) is 6.07 Å². The lowest BCUT2D eigenvalue weighted by Gasteiger charge is -2.32. The van der Waals surface area contributed by atoms with Gasteiger partial charge < -0.3 is 9.72 Å². The summed E-state index contributed by atoms with van der Waals surface area (Å²) in [6.07, 6.45) is 1.00. The van der Waals surface area contributed by atoms with E-state index in [4.69, 9.17) is 0 Å². The summed E-state index contributed by atoms with van der Waals surface area (Å²) in [7, 11) is 0. The van der Waals surface area contributed by atoms with Gasteiger partial charge in [0, 0.05) is 23.6 Å². The number of imidazole rings is 1. The zero-order valence-electron chi connectivity index (χ0n) is 18.0. The first kappa shape index (κ1) is 21.7. The van der Waals surface area contributed by atoms with Gasteiger partial charge >= 0.3 is 6.36 Å². The molecule has 2 aromatic heterocycles. The molecule has 8 heteroatoms. The average Bonchev–Trinajstić information content (AvgIpc) is 3.20. The molecule has 0 spiro atoms. The van der Waals surface area contributed by atoms with Crippen molar-refractivity contribution in [3.63, 3.8) is 0 Å². The van der Waals surface area contributed by atoms with Gasteiger partial charge in [-0.15, -0.1) is 13.2 Å². The first-order valence-electron chi connectivity index (χ1n) is 11.1. The van der Waals surface area contributed by atoms with Crippen molar-refractivity contribution in [3.8, 4) is 5.75 Å². The van der Waals surface area contributed by atoms with Gasteiger partial charge in [-0.3, -0.25) is 4.98 Å². The van der Waals surface area contributed by atoms with Crippen molar-refractivity contribution in [1.82, 2.24) is 15.0 Å². The molecular weight excluding hydrogens is 434 g/mol. The average molecular weight is 457 g/mol. The molecule has 0 aliphatic heterocycles. The van der Waals surface area contributed by atoms with Crippen LogP contribution in [0.25, 0.3) is 21.9 Å². The number of nitrogens with one attached hydrogen (secondary N) is 1. The summed E-state index contributed by atoms with van der Waals surface area (Å²) in [5.41, 5.74) is 3.09. The van der Waals surface area contributed by atoms with Gasteiger partial charge in [-0.2, -0.15) is 0 Å². The van der Waals surface area contributed by atoms with Crippen LogP contribution < -0.4 is 4.74 Å². The Morgan fingerprint density at radius 2 is 1.76 bits per heavy atom. The van der Waals surface area contributed by atoms with Gasteiger partial charge in [0.1, 0.15) is 17.4 Å². The summed E-state index contributed by atoms with van der Waals surface area (Å²) >= 11 is 0. The number of nitrogens with zero attached hydrogens (tertiary/aromatic N) is 2. The van der Waals surface area contributed by atoms with Crippen LogP contribution in [0.15, 0.2) is 48.7 Å². The van der Waals surface area contributed by atoms with Crippen LogP contribution in [0.5, 0.6) is 5.75 Å². The maximum atomic E-state index is 13.8. The molecule has 1 atom stereocenters. The first-order valence-corrected chi connectivity index (χ1v) is 11.1. The summed E-state index contributed by atoms with van der Waals surface area (Å²) in [4.78, 5) is 12.2. The molecular formula is C25H23F4N3O. The van der Waals surface area contributed by atoms with E-state index in [1.165, 1.54) is 24.3 Å². The number of aromatic amines is 1. The number of ether oxygens (including phenoxy) is 1. The summed E-state index contributed by atoms with van der Waals surface area (Å²) in [5.74, 6) is 1.13. The van der Waals surface area contributed by atoms with Gasteiger partial charge in [-0.25, -0.2) is 9.37 Å². The summed E-state index contributed by atoms with van der Waals surface area (Å²) in [6.45, 7) is 2.10. The molecule has 0 unspecified atom stereocenters. The Balaban J connectivity index is 1.30. The minimum absolute atomic E-state index is 0.136. The first-order chi connectivity index (χ1) is 15.8. The number of hydrogen-bond donors (Lipinski definition) is 1. The molecule has 1 fully saturated rings. The highest BCUT2D eigenvalue weighted by Gasteiger charge is 2.32. The third-order valence-corrected chi connectivity index (χ3v) is 6.79. The Morgan fingerprint density at radius 1 is 1.00 bits per heavy atom. The van der Waals surface area contributed by atoms with E-state index in [0.717, 1.165) is 48.0 Å². The number of alkyl halides is 3. The fourth-order valence-electron chi connectivity index (χ4n) is 5.07. The number of halogens is 4. The monoisotopic (exact) mass is 457 g/mol. The van der Waals surface area contributed by atoms with Crippen LogP contribution in [0.4, 0.5) is 17.6 Å². The van der Waals surface area contributed by atoms with E-state index >= 15 is 0 Å². The molecule has 1 aliphatic carbocycles. The number of pyridine rings is 1. The number of hydrogen-bond acceptors (Lipinski definition) is 3. The molecule has 1 saturated carbocycles. The van der Waals surface area contributed by atoms with Crippen LogP contribution in [0.3, 0.4) is 0 Å². The molecule has 0 radical (unpaired) electrons. The van der Waals surface area contributed by atoms with Crippen LogP contribution in [0.2, 0.25) is 0 Å². The van der Waals surface area contributed by atoms with Crippen molar-refractivity contribution in [2.75, 3.05) is 0 Å². The molecule has 2 aromatic carbocycles. The zero-order valence-corrected chi connectivity index (χ0v) is 18.0. The zero-order chi connectivity index (χ0) is 23.2. The third kappa shape index (κ3) is 4.51. The fourth-order valence-corrected chi connectivity index (χ4v) is 5.07. The second kappa shape index (κ2) is 8.32. The molecule has 1 N–H and O–H groups in total. The predicted molar refractivity (Wildman–Crippen MR) is 118 cm³/mol. The van der Waals surface area contributed by atoms with Crippen molar-refractivity contribution in [2.24, 2.45) is 5.92 Å². The quantitative estimate of drug-likeness (QED) is 0.329. The molecule has 0 amide bonds. The van der Waals surface area contributed by atoms with Crippen molar-refractivity contribution >= 4 is 21.9 Å². The van der Waals surface area contributed by atoms with Crippen LogP contribution in [-0.4, -0.2) is 21.3 Å². The van der Waals surface area contributed by atoms with E-state index in [1.54, 1.807) is 18.3 Å². The van der Waals surface area contributed by atoms with E-state index in [-0.39, 0.29) is 17.5 Å². The summed E-state index contributed by atoms with van der Waals surface area (Å²) in [6, 6.07) is 10.9. The normalized spacial score (nSPS) is 20.3. The number of benzene rings is 2. The van der Waals surface area contributed by atoms with Gasteiger partial charge in [0.05, 0.1) is 16.6 Å². The summed E-state index contributed by atoms with van der Waals surface area (Å²) in [5, 5.41) is 0.878. The van der Waals surface area contributed by atoms with Crippen molar-refractivity contribution < 1.29 is 22.3 Å². The van der Waals surface area contributed by atoms with Crippen LogP contribution >= 0.6 is 0 Å². The van der Waals surface area contributed by atoms with E-state index < -0.39 is 6.36 Å².